The van der Waals surface area contributed by atoms with Gasteiger partial charge in [-0.15, -0.1) is 0 Å². The van der Waals surface area contributed by atoms with E-state index in [0.717, 1.165) is 19.3 Å². The lowest BCUT2D eigenvalue weighted by Gasteiger charge is -2.44. The fraction of sp³-hybridized carbons (Fsp3) is 0.690. The van der Waals surface area contributed by atoms with Crippen LogP contribution in [-0.2, 0) is 38.1 Å². The van der Waals surface area contributed by atoms with Crippen LogP contribution in [0.25, 0.3) is 0 Å². The first-order valence-electron chi connectivity index (χ1n) is 13.4. The van der Waals surface area contributed by atoms with Crippen molar-refractivity contribution >= 4 is 25.1 Å². The fourth-order valence-corrected chi connectivity index (χ4v) is 7.67. The summed E-state index contributed by atoms with van der Waals surface area (Å²) in [5.41, 5.74) is -1.21. The summed E-state index contributed by atoms with van der Waals surface area (Å²) in [6, 6.07) is 10.2. The maximum atomic E-state index is 13.6. The van der Waals surface area contributed by atoms with Crippen LogP contribution in [0.1, 0.15) is 84.6 Å². The second-order valence-corrected chi connectivity index (χ2v) is 14.0. The molecule has 8 heteroatoms. The Balaban J connectivity index is 1.80. The monoisotopic (exact) mass is 534 g/mol. The van der Waals surface area contributed by atoms with Crippen molar-refractivity contribution in [2.24, 2.45) is 17.3 Å². The molecule has 2 aliphatic carbocycles. The number of ketones is 2. The second kappa shape index (κ2) is 11.9. The van der Waals surface area contributed by atoms with E-state index >= 15 is 0 Å². The van der Waals surface area contributed by atoms with E-state index in [-0.39, 0.29) is 48.3 Å². The van der Waals surface area contributed by atoms with Gasteiger partial charge in [0.05, 0.1) is 5.41 Å². The van der Waals surface area contributed by atoms with Crippen LogP contribution in [0.15, 0.2) is 30.3 Å². The average molecular weight is 535 g/mol. The maximum absolute atomic E-state index is 13.6. The zero-order chi connectivity index (χ0) is 27.4. The highest BCUT2D eigenvalue weighted by Gasteiger charge is 2.48. The average Bonchev–Trinajstić information content (AvgIpc) is 3.13. The van der Waals surface area contributed by atoms with E-state index in [0.29, 0.717) is 18.8 Å². The zero-order valence-electron chi connectivity index (χ0n) is 23.2. The van der Waals surface area contributed by atoms with Crippen LogP contribution >= 0.6 is 7.60 Å². The Labute approximate surface area is 221 Å². The fourth-order valence-electron chi connectivity index (χ4n) is 6.19. The molecule has 0 radical (unpaired) electrons. The van der Waals surface area contributed by atoms with Gasteiger partial charge in [0.15, 0.2) is 5.66 Å². The van der Waals surface area contributed by atoms with Crippen LogP contribution in [0.5, 0.6) is 0 Å². The number of carbonyl (C=O) groups is 3. The summed E-state index contributed by atoms with van der Waals surface area (Å²) in [6.45, 7) is 8.21. The predicted molar refractivity (Wildman–Crippen MR) is 142 cm³/mol. The molecule has 0 bridgehead atoms. The number of rotatable bonds is 11. The molecule has 4 atom stereocenters. The number of hydrogen-bond donors (Lipinski definition) is 0. The van der Waals surface area contributed by atoms with Gasteiger partial charge in [0, 0.05) is 33.0 Å². The van der Waals surface area contributed by atoms with Crippen molar-refractivity contribution in [2.45, 2.75) is 96.2 Å². The lowest BCUT2D eigenvalue weighted by atomic mass is 9.64. The standard InChI is InChI=1S/C29H43O7P/c1-20-14-15-22(28(2,3)21-11-8-7-9-12-21)23(19-20)36-27(32)24(37(33,34-5)35-6)13-10-18-29(4)25(30)16-17-26(29)31/h7-9,11-12,20,22-24H,10,13-19H2,1-6H3/t20-,22-,23-,24?/m1/s1. The summed E-state index contributed by atoms with van der Waals surface area (Å²) in [5.74, 6) is -0.252. The van der Waals surface area contributed by atoms with Gasteiger partial charge >= 0.3 is 13.6 Å². The van der Waals surface area contributed by atoms with Gasteiger partial charge < -0.3 is 13.8 Å². The van der Waals surface area contributed by atoms with Gasteiger partial charge in [0.25, 0.3) is 0 Å². The molecule has 1 unspecified atom stereocenters. The number of esters is 1. The number of benzene rings is 1. The molecule has 2 aliphatic rings. The highest BCUT2D eigenvalue weighted by atomic mass is 31.2. The SMILES string of the molecule is COP(=O)(OC)C(CCCC1(C)C(=O)CCC1=O)C(=O)O[C@@H]1C[C@H](C)CC[C@H]1C(C)(C)c1ccccc1. The van der Waals surface area contributed by atoms with Crippen LogP contribution < -0.4 is 0 Å². The van der Waals surface area contributed by atoms with E-state index in [4.69, 9.17) is 13.8 Å². The third kappa shape index (κ3) is 6.26. The third-order valence-electron chi connectivity index (χ3n) is 8.89. The molecule has 7 nitrogen and oxygen atoms in total. The molecule has 206 valence electrons. The molecule has 0 spiro atoms. The second-order valence-electron chi connectivity index (χ2n) is 11.6. The van der Waals surface area contributed by atoms with Gasteiger partial charge in [0.2, 0.25) is 0 Å². The molecule has 0 saturated heterocycles. The summed E-state index contributed by atoms with van der Waals surface area (Å²) >= 11 is 0. The van der Waals surface area contributed by atoms with Gasteiger partial charge in [0.1, 0.15) is 17.7 Å². The van der Waals surface area contributed by atoms with Crippen molar-refractivity contribution in [1.82, 2.24) is 0 Å². The Hall–Kier alpha value is -1.82. The molecule has 0 heterocycles. The zero-order valence-corrected chi connectivity index (χ0v) is 24.1. The lowest BCUT2D eigenvalue weighted by Crippen LogP contribution is -2.44. The van der Waals surface area contributed by atoms with Gasteiger partial charge in [-0.1, -0.05) is 63.9 Å². The molecule has 3 rings (SSSR count). The number of hydrogen-bond acceptors (Lipinski definition) is 7. The minimum absolute atomic E-state index is 0.0690. The molecule has 37 heavy (non-hydrogen) atoms. The van der Waals surface area contributed by atoms with Crippen molar-refractivity contribution < 1.29 is 32.7 Å². The van der Waals surface area contributed by atoms with E-state index in [2.05, 4.69) is 32.9 Å². The predicted octanol–water partition coefficient (Wildman–Crippen LogP) is 6.28. The van der Waals surface area contributed by atoms with Crippen LogP contribution in [0.4, 0.5) is 0 Å². The van der Waals surface area contributed by atoms with E-state index < -0.39 is 24.6 Å². The first-order valence-corrected chi connectivity index (χ1v) is 15.0. The quantitative estimate of drug-likeness (QED) is 0.187. The van der Waals surface area contributed by atoms with Crippen molar-refractivity contribution in [3.05, 3.63) is 35.9 Å². The Kier molecular flexibility index (Phi) is 9.58. The van der Waals surface area contributed by atoms with E-state index in [1.807, 2.05) is 18.2 Å². The van der Waals surface area contributed by atoms with Crippen LogP contribution in [0.2, 0.25) is 0 Å². The van der Waals surface area contributed by atoms with Crippen molar-refractivity contribution in [3.8, 4) is 0 Å². The Bertz CT molecular complexity index is 994. The van der Waals surface area contributed by atoms with Gasteiger partial charge in [-0.3, -0.25) is 18.9 Å². The van der Waals surface area contributed by atoms with Gasteiger partial charge in [-0.25, -0.2) is 0 Å². The Morgan fingerprint density at radius 2 is 1.68 bits per heavy atom. The molecule has 2 fully saturated rings. The van der Waals surface area contributed by atoms with E-state index in [9.17, 15) is 18.9 Å². The van der Waals surface area contributed by atoms with E-state index in [1.165, 1.54) is 19.8 Å². The minimum atomic E-state index is -3.81. The summed E-state index contributed by atoms with van der Waals surface area (Å²) in [4.78, 5) is 38.3. The van der Waals surface area contributed by atoms with Gasteiger partial charge in [-0.05, 0) is 49.5 Å². The normalized spacial score (nSPS) is 25.2. The highest BCUT2D eigenvalue weighted by Crippen LogP contribution is 2.55. The summed E-state index contributed by atoms with van der Waals surface area (Å²) < 4.78 is 30.1. The number of ether oxygens (including phenoxy) is 1. The van der Waals surface area contributed by atoms with E-state index in [1.54, 1.807) is 6.92 Å². The molecule has 0 aliphatic heterocycles. The minimum Gasteiger partial charge on any atom is -0.461 e. The summed E-state index contributed by atoms with van der Waals surface area (Å²) in [5, 5.41) is 0. The Morgan fingerprint density at radius 3 is 2.24 bits per heavy atom. The molecule has 2 saturated carbocycles. The molecule has 0 aromatic heterocycles. The topological polar surface area (TPSA) is 96.0 Å². The van der Waals surface area contributed by atoms with Crippen molar-refractivity contribution in [1.29, 1.82) is 0 Å². The molecule has 1 aromatic rings. The Morgan fingerprint density at radius 1 is 1.08 bits per heavy atom. The van der Waals surface area contributed by atoms with Crippen LogP contribution in [0.3, 0.4) is 0 Å². The molecular weight excluding hydrogens is 491 g/mol. The first kappa shape index (κ1) is 29.7. The molecule has 0 N–H and O–H groups in total. The number of carbonyl (C=O) groups excluding carboxylic acids is 3. The molecule has 0 amide bonds. The molecule has 1 aromatic carbocycles. The van der Waals surface area contributed by atoms with Crippen LogP contribution in [0, 0.1) is 17.3 Å². The largest absolute Gasteiger partial charge is 0.461 e. The smallest absolute Gasteiger partial charge is 0.344 e. The van der Waals surface area contributed by atoms with Gasteiger partial charge in [-0.2, -0.15) is 0 Å². The number of Topliss-reactive ketones (excluding diaryl/α,β-unsaturated/α-hetero) is 2. The summed E-state index contributed by atoms with van der Waals surface area (Å²) in [6.07, 6.45) is 3.66. The van der Waals surface area contributed by atoms with Crippen molar-refractivity contribution in [2.75, 3.05) is 14.2 Å². The van der Waals surface area contributed by atoms with Crippen molar-refractivity contribution in [3.63, 3.8) is 0 Å². The lowest BCUT2D eigenvalue weighted by molar-refractivity contribution is -0.156. The molecular formula is C29H43O7P. The third-order valence-corrected chi connectivity index (χ3v) is 11.1. The first-order chi connectivity index (χ1) is 17.4. The highest BCUT2D eigenvalue weighted by molar-refractivity contribution is 7.55. The van der Waals surface area contributed by atoms with Crippen LogP contribution in [-0.4, -0.2) is 43.5 Å². The summed E-state index contributed by atoms with van der Waals surface area (Å²) in [7, 11) is -1.28. The maximum Gasteiger partial charge on any atom is 0.344 e.